The van der Waals surface area contributed by atoms with Gasteiger partial charge in [-0.25, -0.2) is 10.2 Å². The number of ether oxygens (including phenoxy) is 1. The SMILES string of the molecule is CCOC(=O)c1c(NC(=O)C(=O)N/N=C\c2ccc([N+](=O)[O-])cc2)sc2c1CC[C@@H](C)C2. The van der Waals surface area contributed by atoms with Crippen molar-refractivity contribution in [2.24, 2.45) is 11.0 Å². The average Bonchev–Trinajstić information content (AvgIpc) is 3.10. The minimum absolute atomic E-state index is 0.0731. The van der Waals surface area contributed by atoms with Crippen LogP contribution in [0.15, 0.2) is 29.4 Å². The number of hydrogen-bond donors (Lipinski definition) is 2. The second-order valence-corrected chi connectivity index (χ2v) is 8.38. The second kappa shape index (κ2) is 10.1. The largest absolute Gasteiger partial charge is 0.462 e. The molecule has 1 aliphatic carbocycles. The number of esters is 1. The Kier molecular flexibility index (Phi) is 7.31. The van der Waals surface area contributed by atoms with E-state index in [2.05, 4.69) is 22.8 Å². The Morgan fingerprint density at radius 1 is 1.28 bits per heavy atom. The fourth-order valence-corrected chi connectivity index (χ4v) is 4.71. The highest BCUT2D eigenvalue weighted by Gasteiger charge is 2.30. The molecule has 0 spiro atoms. The molecule has 11 heteroatoms. The summed E-state index contributed by atoms with van der Waals surface area (Å²) in [7, 11) is 0. The first-order valence-electron chi connectivity index (χ1n) is 10.0. The third-order valence-electron chi connectivity index (χ3n) is 4.91. The summed E-state index contributed by atoms with van der Waals surface area (Å²) in [4.78, 5) is 48.2. The summed E-state index contributed by atoms with van der Waals surface area (Å²) in [5.41, 5.74) is 3.72. The third-order valence-corrected chi connectivity index (χ3v) is 6.08. The van der Waals surface area contributed by atoms with Crippen molar-refractivity contribution in [1.82, 2.24) is 5.43 Å². The van der Waals surface area contributed by atoms with Crippen LogP contribution < -0.4 is 10.7 Å². The first-order chi connectivity index (χ1) is 15.3. The number of fused-ring (bicyclic) bond motifs is 1. The number of amides is 2. The molecule has 0 saturated heterocycles. The van der Waals surface area contributed by atoms with Gasteiger partial charge in [-0.2, -0.15) is 5.10 Å². The van der Waals surface area contributed by atoms with Gasteiger partial charge in [-0.15, -0.1) is 11.3 Å². The van der Waals surface area contributed by atoms with Crippen LogP contribution in [0.2, 0.25) is 0 Å². The maximum Gasteiger partial charge on any atom is 0.341 e. The molecular formula is C21H22N4O6S. The van der Waals surface area contributed by atoms with Crippen molar-refractivity contribution < 1.29 is 24.0 Å². The molecule has 1 aromatic heterocycles. The summed E-state index contributed by atoms with van der Waals surface area (Å²) in [5.74, 6) is -2.04. The summed E-state index contributed by atoms with van der Waals surface area (Å²) < 4.78 is 5.15. The van der Waals surface area contributed by atoms with Gasteiger partial charge in [0.25, 0.3) is 5.69 Å². The Morgan fingerprint density at radius 3 is 2.66 bits per heavy atom. The van der Waals surface area contributed by atoms with E-state index < -0.39 is 22.7 Å². The van der Waals surface area contributed by atoms with E-state index in [1.807, 2.05) is 0 Å². The molecule has 0 fully saturated rings. The minimum atomic E-state index is -1.02. The lowest BCUT2D eigenvalue weighted by Gasteiger charge is -2.18. The van der Waals surface area contributed by atoms with Crippen LogP contribution in [0.3, 0.4) is 0 Å². The second-order valence-electron chi connectivity index (χ2n) is 7.28. The van der Waals surface area contributed by atoms with Gasteiger partial charge >= 0.3 is 17.8 Å². The van der Waals surface area contributed by atoms with Gasteiger partial charge in [0.1, 0.15) is 5.00 Å². The van der Waals surface area contributed by atoms with Gasteiger partial charge in [0, 0.05) is 17.0 Å². The standard InChI is InChI=1S/C21H22N4O6S/c1-3-31-21(28)17-15-9-4-12(2)10-16(15)32-20(17)23-18(26)19(27)24-22-11-13-5-7-14(8-6-13)25(29)30/h5-8,11-12H,3-4,9-10H2,1-2H3,(H,23,26)(H,24,27)/b22-11-/t12-/m1/s1. The average molecular weight is 458 g/mol. The Morgan fingerprint density at radius 2 is 2.00 bits per heavy atom. The lowest BCUT2D eigenvalue weighted by Crippen LogP contribution is -2.32. The molecule has 3 rings (SSSR count). The van der Waals surface area contributed by atoms with Gasteiger partial charge in [0.15, 0.2) is 0 Å². The fourth-order valence-electron chi connectivity index (χ4n) is 3.32. The molecule has 10 nitrogen and oxygen atoms in total. The monoisotopic (exact) mass is 458 g/mol. The zero-order valence-electron chi connectivity index (χ0n) is 17.5. The quantitative estimate of drug-likeness (QED) is 0.224. The van der Waals surface area contributed by atoms with Gasteiger partial charge in [0.2, 0.25) is 0 Å². The maximum absolute atomic E-state index is 12.5. The minimum Gasteiger partial charge on any atom is -0.462 e. The smallest absolute Gasteiger partial charge is 0.341 e. The molecule has 2 aromatic rings. The van der Waals surface area contributed by atoms with Crippen LogP contribution in [0.1, 0.15) is 46.6 Å². The predicted octanol–water partition coefficient (Wildman–Crippen LogP) is 3.05. The number of hydrazone groups is 1. The van der Waals surface area contributed by atoms with E-state index in [1.54, 1.807) is 6.92 Å². The number of nitrogens with one attached hydrogen (secondary N) is 2. The number of carbonyl (C=O) groups excluding carboxylic acids is 3. The highest BCUT2D eigenvalue weighted by molar-refractivity contribution is 7.17. The van der Waals surface area contributed by atoms with Crippen molar-refractivity contribution in [3.8, 4) is 0 Å². The van der Waals surface area contributed by atoms with Crippen molar-refractivity contribution in [2.45, 2.75) is 33.1 Å². The van der Waals surface area contributed by atoms with Crippen LogP contribution in [0.25, 0.3) is 0 Å². The number of benzene rings is 1. The van der Waals surface area contributed by atoms with Crippen molar-refractivity contribution >= 4 is 46.0 Å². The molecule has 1 atom stereocenters. The summed E-state index contributed by atoms with van der Waals surface area (Å²) >= 11 is 1.28. The molecule has 32 heavy (non-hydrogen) atoms. The number of nitrogens with zero attached hydrogens (tertiary/aromatic N) is 2. The van der Waals surface area contributed by atoms with Gasteiger partial charge in [-0.3, -0.25) is 19.7 Å². The van der Waals surface area contributed by atoms with Crippen LogP contribution in [-0.4, -0.2) is 35.5 Å². The van der Waals surface area contributed by atoms with Crippen LogP contribution in [0.5, 0.6) is 0 Å². The van der Waals surface area contributed by atoms with Crippen molar-refractivity contribution in [3.05, 3.63) is 55.9 Å². The molecule has 0 aliphatic heterocycles. The fraction of sp³-hybridized carbons (Fsp3) is 0.333. The number of non-ortho nitro benzene ring substituents is 1. The first kappa shape index (κ1) is 23.1. The van der Waals surface area contributed by atoms with Gasteiger partial charge in [-0.05, 0) is 55.4 Å². The molecule has 0 bridgehead atoms. The number of thiophene rings is 1. The lowest BCUT2D eigenvalue weighted by atomic mass is 9.88. The highest BCUT2D eigenvalue weighted by atomic mass is 32.1. The molecule has 0 unspecified atom stereocenters. The molecule has 1 aliphatic rings. The maximum atomic E-state index is 12.5. The molecular weight excluding hydrogens is 436 g/mol. The van der Waals surface area contributed by atoms with E-state index in [0.717, 1.165) is 23.3 Å². The zero-order valence-corrected chi connectivity index (χ0v) is 18.4. The van der Waals surface area contributed by atoms with Crippen LogP contribution in [-0.2, 0) is 27.2 Å². The molecule has 2 amide bonds. The van der Waals surface area contributed by atoms with Crippen molar-refractivity contribution in [1.29, 1.82) is 0 Å². The summed E-state index contributed by atoms with van der Waals surface area (Å²) in [6.07, 6.45) is 3.70. The van der Waals surface area contributed by atoms with Gasteiger partial charge in [0.05, 0.1) is 23.3 Å². The summed E-state index contributed by atoms with van der Waals surface area (Å²) in [6.45, 7) is 4.03. The van der Waals surface area contributed by atoms with Crippen LogP contribution in [0.4, 0.5) is 10.7 Å². The van der Waals surface area contributed by atoms with Crippen LogP contribution >= 0.6 is 11.3 Å². The Bertz CT molecular complexity index is 1080. The van der Waals surface area contributed by atoms with Crippen molar-refractivity contribution in [2.75, 3.05) is 11.9 Å². The molecule has 2 N–H and O–H groups in total. The molecule has 168 valence electrons. The summed E-state index contributed by atoms with van der Waals surface area (Å²) in [6, 6.07) is 5.51. The number of nitro groups is 1. The first-order valence-corrected chi connectivity index (χ1v) is 10.8. The number of rotatable bonds is 6. The Hall–Kier alpha value is -3.60. The van der Waals surface area contributed by atoms with Crippen LogP contribution in [0, 0.1) is 16.0 Å². The number of hydrogen-bond acceptors (Lipinski definition) is 8. The molecule has 1 aromatic carbocycles. The zero-order chi connectivity index (χ0) is 23.3. The summed E-state index contributed by atoms with van der Waals surface area (Å²) in [5, 5.41) is 17.2. The number of anilines is 1. The topological polar surface area (TPSA) is 140 Å². The molecule has 1 heterocycles. The van der Waals surface area contributed by atoms with Crippen molar-refractivity contribution in [3.63, 3.8) is 0 Å². The van der Waals surface area contributed by atoms with Gasteiger partial charge in [-0.1, -0.05) is 6.92 Å². The highest BCUT2D eigenvalue weighted by Crippen LogP contribution is 2.40. The van der Waals surface area contributed by atoms with E-state index in [1.165, 1.54) is 41.8 Å². The predicted molar refractivity (Wildman–Crippen MR) is 119 cm³/mol. The number of carbonyl (C=O) groups is 3. The van der Waals surface area contributed by atoms with E-state index >= 15 is 0 Å². The van der Waals surface area contributed by atoms with E-state index in [-0.39, 0.29) is 12.3 Å². The van der Waals surface area contributed by atoms with E-state index in [9.17, 15) is 24.5 Å². The number of nitro benzene ring substituents is 1. The van der Waals surface area contributed by atoms with E-state index in [0.29, 0.717) is 28.5 Å². The van der Waals surface area contributed by atoms with E-state index in [4.69, 9.17) is 4.74 Å². The lowest BCUT2D eigenvalue weighted by molar-refractivity contribution is -0.384. The molecule has 0 radical (unpaired) electrons. The van der Waals surface area contributed by atoms with Gasteiger partial charge < -0.3 is 10.1 Å². The normalized spacial score (nSPS) is 15.1. The Balaban J connectivity index is 1.68. The third kappa shape index (κ3) is 5.35. The Labute approximate surface area is 187 Å². The molecule has 0 saturated carbocycles.